The second kappa shape index (κ2) is 6.41. The molecule has 0 spiro atoms. The highest BCUT2D eigenvalue weighted by Crippen LogP contribution is 2.47. The second-order valence-corrected chi connectivity index (χ2v) is 6.89. The fourth-order valence-corrected chi connectivity index (χ4v) is 3.04. The fraction of sp³-hybridized carbons (Fsp3) is 0.263. The molecule has 5 nitrogen and oxygen atoms in total. The molecule has 2 atom stereocenters. The number of furan rings is 1. The van der Waals surface area contributed by atoms with Gasteiger partial charge in [0.25, 0.3) is 0 Å². The van der Waals surface area contributed by atoms with Gasteiger partial charge in [0, 0.05) is 24.4 Å². The number of halogens is 1. The third-order valence-corrected chi connectivity index (χ3v) is 4.65. The Labute approximate surface area is 150 Å². The van der Waals surface area contributed by atoms with Crippen LogP contribution in [0.1, 0.15) is 36.5 Å². The zero-order valence-corrected chi connectivity index (χ0v) is 14.5. The van der Waals surface area contributed by atoms with Gasteiger partial charge in [-0.05, 0) is 42.7 Å². The molecule has 1 saturated carbocycles. The normalized spacial score (nSPS) is 19.6. The molecule has 1 fully saturated rings. The molecule has 3 aromatic heterocycles. The SMILES string of the molecule is C[C@H]1C[C@H]1c1ccc(/C=C/C(=O)NCc2cn3cc(Cl)ccc3n2)o1. The fourth-order valence-electron chi connectivity index (χ4n) is 2.87. The molecule has 1 aliphatic rings. The number of carbonyl (C=O) groups excluding carboxylic acids is 1. The second-order valence-electron chi connectivity index (χ2n) is 6.46. The largest absolute Gasteiger partial charge is 0.461 e. The quantitative estimate of drug-likeness (QED) is 0.703. The van der Waals surface area contributed by atoms with Crippen LogP contribution in [0.5, 0.6) is 0 Å². The van der Waals surface area contributed by atoms with Crippen LogP contribution in [0.2, 0.25) is 5.02 Å². The predicted molar refractivity (Wildman–Crippen MR) is 96.3 cm³/mol. The van der Waals surface area contributed by atoms with Crippen LogP contribution < -0.4 is 5.32 Å². The molecule has 128 valence electrons. The Morgan fingerprint density at radius 2 is 2.24 bits per heavy atom. The minimum atomic E-state index is -0.187. The van der Waals surface area contributed by atoms with E-state index >= 15 is 0 Å². The van der Waals surface area contributed by atoms with Crippen LogP contribution in [0.3, 0.4) is 0 Å². The molecule has 0 saturated heterocycles. The van der Waals surface area contributed by atoms with Gasteiger partial charge in [0.2, 0.25) is 5.91 Å². The van der Waals surface area contributed by atoms with Crippen LogP contribution in [0.4, 0.5) is 0 Å². The van der Waals surface area contributed by atoms with Crippen LogP contribution in [-0.2, 0) is 11.3 Å². The van der Waals surface area contributed by atoms with Gasteiger partial charge in [0.05, 0.1) is 17.3 Å². The van der Waals surface area contributed by atoms with Crippen molar-refractivity contribution in [3.63, 3.8) is 0 Å². The van der Waals surface area contributed by atoms with Crippen LogP contribution in [0.25, 0.3) is 11.7 Å². The van der Waals surface area contributed by atoms with E-state index in [-0.39, 0.29) is 5.91 Å². The summed E-state index contributed by atoms with van der Waals surface area (Å²) in [4.78, 5) is 16.4. The van der Waals surface area contributed by atoms with Crippen LogP contribution in [0.15, 0.2) is 47.2 Å². The average Bonchev–Trinajstić information content (AvgIpc) is 3.01. The minimum absolute atomic E-state index is 0.187. The molecule has 1 N–H and O–H groups in total. The number of aromatic nitrogens is 2. The molecule has 3 aromatic rings. The van der Waals surface area contributed by atoms with Gasteiger partial charge in [0.1, 0.15) is 17.2 Å². The van der Waals surface area contributed by atoms with Gasteiger partial charge in [-0.25, -0.2) is 4.98 Å². The molecule has 0 aromatic carbocycles. The summed E-state index contributed by atoms with van der Waals surface area (Å²) in [6, 6.07) is 7.52. The van der Waals surface area contributed by atoms with Gasteiger partial charge in [-0.1, -0.05) is 18.5 Å². The summed E-state index contributed by atoms with van der Waals surface area (Å²) >= 11 is 5.95. The molecule has 0 bridgehead atoms. The summed E-state index contributed by atoms with van der Waals surface area (Å²) in [6.45, 7) is 2.56. The molecule has 25 heavy (non-hydrogen) atoms. The number of pyridine rings is 1. The Kier molecular flexibility index (Phi) is 4.09. The highest BCUT2D eigenvalue weighted by Gasteiger charge is 2.36. The number of nitrogens with zero attached hydrogens (tertiary/aromatic N) is 2. The molecule has 0 unspecified atom stereocenters. The Balaban J connectivity index is 1.34. The first-order valence-electron chi connectivity index (χ1n) is 8.27. The molecule has 1 amide bonds. The maximum absolute atomic E-state index is 12.0. The van der Waals surface area contributed by atoms with E-state index in [1.807, 2.05) is 28.8 Å². The molecule has 1 aliphatic carbocycles. The molecule has 3 heterocycles. The van der Waals surface area contributed by atoms with E-state index in [0.29, 0.717) is 29.2 Å². The van der Waals surface area contributed by atoms with E-state index in [9.17, 15) is 4.79 Å². The van der Waals surface area contributed by atoms with E-state index in [2.05, 4.69) is 17.2 Å². The zero-order chi connectivity index (χ0) is 17.4. The lowest BCUT2D eigenvalue weighted by molar-refractivity contribution is -0.116. The Bertz CT molecular complexity index is 957. The number of amides is 1. The van der Waals surface area contributed by atoms with Crippen molar-refractivity contribution in [2.75, 3.05) is 0 Å². The summed E-state index contributed by atoms with van der Waals surface area (Å²) in [7, 11) is 0. The predicted octanol–water partition coefficient (Wildman–Crippen LogP) is 4.03. The van der Waals surface area contributed by atoms with Crippen molar-refractivity contribution >= 4 is 29.2 Å². The summed E-state index contributed by atoms with van der Waals surface area (Å²) in [6.07, 6.45) is 7.98. The first-order chi connectivity index (χ1) is 12.1. The van der Waals surface area contributed by atoms with Crippen molar-refractivity contribution in [2.45, 2.75) is 25.8 Å². The number of imidazole rings is 1. The van der Waals surface area contributed by atoms with Crippen molar-refractivity contribution in [3.8, 4) is 0 Å². The maximum Gasteiger partial charge on any atom is 0.244 e. The number of nitrogens with one attached hydrogen (secondary N) is 1. The van der Waals surface area contributed by atoms with Gasteiger partial charge >= 0.3 is 0 Å². The Morgan fingerprint density at radius 3 is 3.04 bits per heavy atom. The summed E-state index contributed by atoms with van der Waals surface area (Å²) < 4.78 is 7.58. The van der Waals surface area contributed by atoms with E-state index in [4.69, 9.17) is 16.0 Å². The summed E-state index contributed by atoms with van der Waals surface area (Å²) in [5, 5.41) is 3.46. The van der Waals surface area contributed by atoms with Crippen molar-refractivity contribution in [2.24, 2.45) is 5.92 Å². The Morgan fingerprint density at radius 1 is 1.40 bits per heavy atom. The zero-order valence-electron chi connectivity index (χ0n) is 13.8. The van der Waals surface area contributed by atoms with Gasteiger partial charge < -0.3 is 14.1 Å². The number of rotatable bonds is 5. The first kappa shape index (κ1) is 16.0. The van der Waals surface area contributed by atoms with E-state index in [1.165, 1.54) is 12.5 Å². The number of hydrogen-bond acceptors (Lipinski definition) is 3. The molecule has 0 aliphatic heterocycles. The van der Waals surface area contributed by atoms with E-state index in [1.54, 1.807) is 18.3 Å². The standard InChI is InChI=1S/C19H18ClN3O2/c1-12-8-16(12)17-5-3-15(25-17)4-7-19(24)21-9-14-11-23-10-13(20)2-6-18(23)22-14/h2-7,10-12,16H,8-9H2,1H3,(H,21,24)/b7-4+/t12-,16+/m0/s1. The van der Waals surface area contributed by atoms with E-state index < -0.39 is 0 Å². The van der Waals surface area contributed by atoms with Crippen molar-refractivity contribution in [1.29, 1.82) is 0 Å². The van der Waals surface area contributed by atoms with Gasteiger partial charge in [-0.15, -0.1) is 0 Å². The van der Waals surface area contributed by atoms with Crippen LogP contribution in [0, 0.1) is 5.92 Å². The van der Waals surface area contributed by atoms with Crippen LogP contribution in [-0.4, -0.2) is 15.3 Å². The lowest BCUT2D eigenvalue weighted by Gasteiger charge is -1.97. The highest BCUT2D eigenvalue weighted by atomic mass is 35.5. The minimum Gasteiger partial charge on any atom is -0.461 e. The monoisotopic (exact) mass is 355 g/mol. The lowest BCUT2D eigenvalue weighted by atomic mass is 10.3. The number of fused-ring (bicyclic) bond motifs is 1. The molecule has 4 rings (SSSR count). The summed E-state index contributed by atoms with van der Waals surface area (Å²) in [5.74, 6) is 2.77. The van der Waals surface area contributed by atoms with Crippen LogP contribution >= 0.6 is 11.6 Å². The molecular formula is C19H18ClN3O2. The average molecular weight is 356 g/mol. The third-order valence-electron chi connectivity index (χ3n) is 4.43. The number of carbonyl (C=O) groups is 1. The van der Waals surface area contributed by atoms with Gasteiger partial charge in [-0.3, -0.25) is 4.79 Å². The first-order valence-corrected chi connectivity index (χ1v) is 8.65. The third kappa shape index (κ3) is 3.61. The van der Waals surface area contributed by atoms with Crippen molar-refractivity contribution < 1.29 is 9.21 Å². The van der Waals surface area contributed by atoms with Crippen molar-refractivity contribution in [1.82, 2.24) is 14.7 Å². The maximum atomic E-state index is 12.0. The Hall–Kier alpha value is -2.53. The van der Waals surface area contributed by atoms with Crippen molar-refractivity contribution in [3.05, 3.63) is 65.0 Å². The summed E-state index contributed by atoms with van der Waals surface area (Å²) in [5.41, 5.74) is 1.56. The molecule has 6 heteroatoms. The molecular weight excluding hydrogens is 338 g/mol. The smallest absolute Gasteiger partial charge is 0.244 e. The number of hydrogen-bond donors (Lipinski definition) is 1. The lowest BCUT2D eigenvalue weighted by Crippen LogP contribution is -2.20. The highest BCUT2D eigenvalue weighted by molar-refractivity contribution is 6.30. The molecule has 0 radical (unpaired) electrons. The van der Waals surface area contributed by atoms with Gasteiger partial charge in [-0.2, -0.15) is 0 Å². The van der Waals surface area contributed by atoms with E-state index in [0.717, 1.165) is 17.1 Å². The topological polar surface area (TPSA) is 59.5 Å². The van der Waals surface area contributed by atoms with Gasteiger partial charge in [0.15, 0.2) is 0 Å².